The molecule has 94 valence electrons. The van der Waals surface area contributed by atoms with Crippen LogP contribution in [0.5, 0.6) is 0 Å². The molecule has 0 spiro atoms. The molecule has 1 aromatic carbocycles. The van der Waals surface area contributed by atoms with Gasteiger partial charge in [-0.05, 0) is 50.7 Å². The Hall–Kier alpha value is -1.02. The lowest BCUT2D eigenvalue weighted by Gasteiger charge is -2.27. The third kappa shape index (κ3) is 4.04. The maximum absolute atomic E-state index is 3.59. The fourth-order valence-electron chi connectivity index (χ4n) is 2.43. The maximum Gasteiger partial charge on any atom is 0.0655 e. The van der Waals surface area contributed by atoms with Crippen LogP contribution in [0.25, 0.3) is 0 Å². The number of benzene rings is 1. The summed E-state index contributed by atoms with van der Waals surface area (Å²) >= 11 is 0. The number of anilines is 1. The van der Waals surface area contributed by atoms with Gasteiger partial charge < -0.3 is 5.32 Å². The first-order valence-electron chi connectivity index (χ1n) is 6.78. The second-order valence-electron chi connectivity index (χ2n) is 5.38. The molecule has 0 amide bonds. The minimum absolute atomic E-state index is 0.712. The van der Waals surface area contributed by atoms with E-state index >= 15 is 0 Å². The van der Waals surface area contributed by atoms with Gasteiger partial charge in [-0.2, -0.15) is 0 Å². The van der Waals surface area contributed by atoms with Crippen molar-refractivity contribution in [2.24, 2.45) is 5.92 Å². The lowest BCUT2D eigenvalue weighted by atomic mass is 9.87. The molecule has 1 aromatic rings. The second kappa shape index (κ2) is 6.06. The number of hydrogen-bond donors (Lipinski definition) is 2. The van der Waals surface area contributed by atoms with Gasteiger partial charge in [0.15, 0.2) is 0 Å². The Morgan fingerprint density at radius 3 is 2.35 bits per heavy atom. The van der Waals surface area contributed by atoms with Gasteiger partial charge in [0, 0.05) is 11.7 Å². The minimum atomic E-state index is 0.712. The Balaban J connectivity index is 1.67. The monoisotopic (exact) mass is 232 g/mol. The Morgan fingerprint density at radius 2 is 1.71 bits per heavy atom. The highest BCUT2D eigenvalue weighted by Gasteiger charge is 2.16. The van der Waals surface area contributed by atoms with Gasteiger partial charge in [-0.25, -0.2) is 0 Å². The summed E-state index contributed by atoms with van der Waals surface area (Å²) in [6, 6.07) is 9.28. The number of hydrogen-bond acceptors (Lipinski definition) is 2. The summed E-state index contributed by atoms with van der Waals surface area (Å²) in [7, 11) is 0. The van der Waals surface area contributed by atoms with E-state index in [1.54, 1.807) is 0 Å². The molecule has 0 bridgehead atoms. The highest BCUT2D eigenvalue weighted by atomic mass is 15.1. The van der Waals surface area contributed by atoms with E-state index in [9.17, 15) is 0 Å². The number of rotatable bonds is 4. The van der Waals surface area contributed by atoms with E-state index < -0.39 is 0 Å². The van der Waals surface area contributed by atoms with Gasteiger partial charge in [-0.1, -0.05) is 24.6 Å². The lowest BCUT2D eigenvalue weighted by molar-refractivity contribution is 0.312. The van der Waals surface area contributed by atoms with Crippen molar-refractivity contribution in [1.29, 1.82) is 0 Å². The summed E-state index contributed by atoms with van der Waals surface area (Å²) in [5, 5.41) is 7.01. The van der Waals surface area contributed by atoms with Crippen molar-refractivity contribution in [3.8, 4) is 0 Å². The first kappa shape index (κ1) is 12.4. The van der Waals surface area contributed by atoms with Crippen LogP contribution in [-0.2, 0) is 0 Å². The highest BCUT2D eigenvalue weighted by molar-refractivity contribution is 5.44. The van der Waals surface area contributed by atoms with Gasteiger partial charge in [-0.3, -0.25) is 5.32 Å². The van der Waals surface area contributed by atoms with Gasteiger partial charge in [-0.15, -0.1) is 0 Å². The van der Waals surface area contributed by atoms with Crippen molar-refractivity contribution in [1.82, 2.24) is 5.32 Å². The molecule has 1 aliphatic rings. The van der Waals surface area contributed by atoms with Crippen LogP contribution in [-0.4, -0.2) is 12.7 Å². The summed E-state index contributed by atoms with van der Waals surface area (Å²) < 4.78 is 0. The molecule has 0 aliphatic heterocycles. The maximum atomic E-state index is 3.59. The second-order valence-corrected chi connectivity index (χ2v) is 5.38. The Labute approximate surface area is 105 Å². The normalized spacial score (nSPS) is 24.6. The molecule has 0 saturated heterocycles. The molecule has 2 nitrogen and oxygen atoms in total. The van der Waals surface area contributed by atoms with E-state index in [4.69, 9.17) is 0 Å². The fourth-order valence-corrected chi connectivity index (χ4v) is 2.43. The van der Waals surface area contributed by atoms with Crippen LogP contribution in [0.3, 0.4) is 0 Å². The average Bonchev–Trinajstić information content (AvgIpc) is 2.34. The van der Waals surface area contributed by atoms with Crippen molar-refractivity contribution in [3.05, 3.63) is 29.8 Å². The van der Waals surface area contributed by atoms with Gasteiger partial charge in [0.2, 0.25) is 0 Å². The largest absolute Gasteiger partial charge is 0.372 e. The summed E-state index contributed by atoms with van der Waals surface area (Å²) in [4.78, 5) is 0. The molecule has 0 atom stereocenters. The van der Waals surface area contributed by atoms with E-state index in [0.29, 0.717) is 6.04 Å². The van der Waals surface area contributed by atoms with Gasteiger partial charge >= 0.3 is 0 Å². The summed E-state index contributed by atoms with van der Waals surface area (Å²) in [5.41, 5.74) is 2.51. The van der Waals surface area contributed by atoms with Gasteiger partial charge in [0.25, 0.3) is 0 Å². The van der Waals surface area contributed by atoms with E-state index in [1.165, 1.54) is 36.9 Å². The Morgan fingerprint density at radius 1 is 1.06 bits per heavy atom. The number of nitrogens with one attached hydrogen (secondary N) is 2. The van der Waals surface area contributed by atoms with Crippen molar-refractivity contribution in [2.75, 3.05) is 12.0 Å². The average molecular weight is 232 g/mol. The topological polar surface area (TPSA) is 24.1 Å². The number of aryl methyl sites for hydroxylation is 1. The molecule has 0 radical (unpaired) electrons. The van der Waals surface area contributed by atoms with Crippen LogP contribution >= 0.6 is 0 Å². The molecular weight excluding hydrogens is 208 g/mol. The first-order valence-corrected chi connectivity index (χ1v) is 6.78. The van der Waals surface area contributed by atoms with Crippen LogP contribution < -0.4 is 10.6 Å². The van der Waals surface area contributed by atoms with Crippen LogP contribution in [0.1, 0.15) is 38.2 Å². The van der Waals surface area contributed by atoms with Crippen LogP contribution in [0.2, 0.25) is 0 Å². The molecule has 17 heavy (non-hydrogen) atoms. The zero-order chi connectivity index (χ0) is 12.1. The van der Waals surface area contributed by atoms with E-state index in [1.807, 2.05) is 0 Å². The molecule has 2 N–H and O–H groups in total. The molecule has 1 fully saturated rings. The quantitative estimate of drug-likeness (QED) is 0.776. The van der Waals surface area contributed by atoms with Crippen molar-refractivity contribution in [3.63, 3.8) is 0 Å². The molecule has 2 rings (SSSR count). The molecule has 1 saturated carbocycles. The SMILES string of the molecule is Cc1ccc(NCNC2CCC(C)CC2)cc1. The lowest BCUT2D eigenvalue weighted by Crippen LogP contribution is -2.36. The molecule has 1 aliphatic carbocycles. The molecule has 0 aromatic heterocycles. The Kier molecular flexibility index (Phi) is 4.43. The fraction of sp³-hybridized carbons (Fsp3) is 0.600. The van der Waals surface area contributed by atoms with Crippen molar-refractivity contribution < 1.29 is 0 Å². The highest BCUT2D eigenvalue weighted by Crippen LogP contribution is 2.23. The third-order valence-electron chi connectivity index (χ3n) is 3.75. The summed E-state index contributed by atoms with van der Waals surface area (Å²) in [5.74, 6) is 0.929. The van der Waals surface area contributed by atoms with Gasteiger partial charge in [0.05, 0.1) is 6.67 Å². The zero-order valence-electron chi connectivity index (χ0n) is 11.0. The summed E-state index contributed by atoms with van der Waals surface area (Å²) in [6.45, 7) is 5.36. The Bertz CT molecular complexity index is 323. The molecule has 0 heterocycles. The van der Waals surface area contributed by atoms with Crippen LogP contribution in [0, 0.1) is 12.8 Å². The van der Waals surface area contributed by atoms with E-state index in [-0.39, 0.29) is 0 Å². The predicted molar refractivity (Wildman–Crippen MR) is 74.2 cm³/mol. The standard InChI is InChI=1S/C15H24N2/c1-12-3-7-14(8-4-12)16-11-17-15-9-5-13(2)6-10-15/h3-4,7-8,13,15-17H,5-6,9-11H2,1-2H3. The van der Waals surface area contributed by atoms with Crippen molar-refractivity contribution >= 4 is 5.69 Å². The predicted octanol–water partition coefficient (Wildman–Crippen LogP) is 3.53. The smallest absolute Gasteiger partial charge is 0.0655 e. The molecule has 2 heteroatoms. The van der Waals surface area contributed by atoms with Gasteiger partial charge in [0.1, 0.15) is 0 Å². The molecule has 0 unspecified atom stereocenters. The van der Waals surface area contributed by atoms with E-state index in [0.717, 1.165) is 12.6 Å². The third-order valence-corrected chi connectivity index (χ3v) is 3.75. The van der Waals surface area contributed by atoms with Crippen LogP contribution in [0.4, 0.5) is 5.69 Å². The molecular formula is C15H24N2. The zero-order valence-corrected chi connectivity index (χ0v) is 11.0. The van der Waals surface area contributed by atoms with Crippen LogP contribution in [0.15, 0.2) is 24.3 Å². The summed E-state index contributed by atoms with van der Waals surface area (Å²) in [6.07, 6.45) is 5.41. The first-order chi connectivity index (χ1) is 8.24. The van der Waals surface area contributed by atoms with Crippen molar-refractivity contribution in [2.45, 2.75) is 45.6 Å². The van der Waals surface area contributed by atoms with E-state index in [2.05, 4.69) is 48.7 Å². The minimum Gasteiger partial charge on any atom is -0.372 e.